The highest BCUT2D eigenvalue weighted by atomic mass is 16.3. The minimum Gasteiger partial charge on any atom is -0.508 e. The first-order valence-corrected chi connectivity index (χ1v) is 3.15. The van der Waals surface area contributed by atoms with Gasteiger partial charge in [0.2, 0.25) is 0 Å². The highest BCUT2D eigenvalue weighted by molar-refractivity contribution is 5.64. The van der Waals surface area contributed by atoms with Gasteiger partial charge in [-0.15, -0.1) is 0 Å². The molecule has 4 heteroatoms. The first-order valence-electron chi connectivity index (χ1n) is 3.15. The van der Waals surface area contributed by atoms with Crippen LogP contribution in [0.15, 0.2) is 18.7 Å². The van der Waals surface area contributed by atoms with Gasteiger partial charge in [0.25, 0.3) is 0 Å². The van der Waals surface area contributed by atoms with Crippen LogP contribution < -0.4 is 0 Å². The van der Waals surface area contributed by atoms with E-state index in [2.05, 4.69) is 6.58 Å². The van der Waals surface area contributed by atoms with Crippen LogP contribution in [0.25, 0.3) is 5.76 Å². The maximum atomic E-state index is 8.97. The van der Waals surface area contributed by atoms with E-state index in [0.29, 0.717) is 0 Å². The van der Waals surface area contributed by atoms with Crippen LogP contribution in [0.3, 0.4) is 0 Å². The summed E-state index contributed by atoms with van der Waals surface area (Å²) in [6.45, 7) is 3.19. The van der Waals surface area contributed by atoms with E-state index in [1.807, 2.05) is 0 Å². The summed E-state index contributed by atoms with van der Waals surface area (Å²) in [6, 6.07) is 2.19. The van der Waals surface area contributed by atoms with Crippen molar-refractivity contribution in [2.24, 2.45) is 0 Å². The number of aliphatic hydroxyl groups excluding tert-OH is 1. The molecule has 1 aromatic rings. The Morgan fingerprint density at radius 3 is 1.83 bits per heavy atom. The fraction of sp³-hybridized carbons (Fsp3) is 0. The zero-order valence-electron chi connectivity index (χ0n) is 6.15. The molecule has 0 heterocycles. The molecule has 0 spiro atoms. The van der Waals surface area contributed by atoms with E-state index >= 15 is 0 Å². The molecular formula is C8H8O4. The highest BCUT2D eigenvalue weighted by Gasteiger charge is 2.08. The van der Waals surface area contributed by atoms with Gasteiger partial charge in [-0.3, -0.25) is 0 Å². The number of hydrogen-bond acceptors (Lipinski definition) is 4. The lowest BCUT2D eigenvalue weighted by Crippen LogP contribution is -1.81. The number of aromatic hydroxyl groups is 3. The second-order valence-corrected chi connectivity index (χ2v) is 2.31. The molecular weight excluding hydrogens is 160 g/mol. The Morgan fingerprint density at radius 1 is 1.08 bits per heavy atom. The van der Waals surface area contributed by atoms with Gasteiger partial charge >= 0.3 is 0 Å². The van der Waals surface area contributed by atoms with Crippen molar-refractivity contribution in [3.05, 3.63) is 24.3 Å². The number of rotatable bonds is 1. The van der Waals surface area contributed by atoms with Crippen LogP contribution in [0.5, 0.6) is 17.2 Å². The molecule has 4 N–H and O–H groups in total. The summed E-state index contributed by atoms with van der Waals surface area (Å²) in [4.78, 5) is 0. The minimum absolute atomic E-state index is 0.155. The molecule has 0 atom stereocenters. The minimum atomic E-state index is -0.611. The summed E-state index contributed by atoms with van der Waals surface area (Å²) < 4.78 is 0. The van der Waals surface area contributed by atoms with Crippen molar-refractivity contribution in [2.75, 3.05) is 0 Å². The van der Waals surface area contributed by atoms with Crippen LogP contribution >= 0.6 is 0 Å². The third kappa shape index (κ3) is 1.27. The molecule has 0 radical (unpaired) electrons. The van der Waals surface area contributed by atoms with E-state index in [0.717, 1.165) is 12.1 Å². The van der Waals surface area contributed by atoms with Gasteiger partial charge in [-0.05, 0) is 12.1 Å². The zero-order valence-corrected chi connectivity index (χ0v) is 6.15. The van der Waals surface area contributed by atoms with Crippen molar-refractivity contribution in [2.45, 2.75) is 0 Å². The van der Waals surface area contributed by atoms with Crippen LogP contribution in [0, 0.1) is 0 Å². The molecule has 12 heavy (non-hydrogen) atoms. The van der Waals surface area contributed by atoms with Crippen molar-refractivity contribution in [3.63, 3.8) is 0 Å². The number of aliphatic hydroxyl groups is 1. The molecule has 1 aromatic carbocycles. The quantitative estimate of drug-likeness (QED) is 0.376. The Bertz CT molecular complexity index is 307. The van der Waals surface area contributed by atoms with E-state index in [1.165, 1.54) is 0 Å². The summed E-state index contributed by atoms with van der Waals surface area (Å²) in [5.41, 5.74) is 0.155. The van der Waals surface area contributed by atoms with Crippen molar-refractivity contribution in [1.29, 1.82) is 0 Å². The maximum absolute atomic E-state index is 8.97. The molecule has 0 aliphatic carbocycles. The van der Waals surface area contributed by atoms with E-state index in [9.17, 15) is 0 Å². The van der Waals surface area contributed by atoms with Gasteiger partial charge in [-0.25, -0.2) is 0 Å². The fourth-order valence-corrected chi connectivity index (χ4v) is 0.771. The number of phenolic OH excluding ortho intramolecular Hbond substituents is 3. The normalized spacial score (nSPS) is 9.67. The third-order valence-electron chi connectivity index (χ3n) is 1.40. The summed E-state index contributed by atoms with van der Waals surface area (Å²) in [7, 11) is 0. The van der Waals surface area contributed by atoms with E-state index in [-0.39, 0.29) is 11.3 Å². The first kappa shape index (κ1) is 8.26. The molecule has 4 nitrogen and oxygen atoms in total. The predicted molar refractivity (Wildman–Crippen MR) is 43.1 cm³/mol. The predicted octanol–water partition coefficient (Wildman–Crippen LogP) is 1.33. The van der Waals surface area contributed by atoms with Crippen LogP contribution in [0.4, 0.5) is 0 Å². The SMILES string of the molecule is C=C(O)c1cc(O)c(O)c(O)c1. The van der Waals surface area contributed by atoms with Gasteiger partial charge in [0.15, 0.2) is 17.2 Å². The fourth-order valence-electron chi connectivity index (χ4n) is 0.771. The summed E-state index contributed by atoms with van der Waals surface area (Å²) in [6.07, 6.45) is 0. The van der Waals surface area contributed by atoms with Crippen LogP contribution in [-0.2, 0) is 0 Å². The van der Waals surface area contributed by atoms with Crippen LogP contribution in [-0.4, -0.2) is 20.4 Å². The van der Waals surface area contributed by atoms with E-state index in [1.54, 1.807) is 0 Å². The van der Waals surface area contributed by atoms with Gasteiger partial charge in [0.1, 0.15) is 5.76 Å². The molecule has 1 rings (SSSR count). The average molecular weight is 168 g/mol. The highest BCUT2D eigenvalue weighted by Crippen LogP contribution is 2.36. The van der Waals surface area contributed by atoms with Gasteiger partial charge in [0.05, 0.1) is 0 Å². The topological polar surface area (TPSA) is 80.9 Å². The lowest BCUT2D eigenvalue weighted by Gasteiger charge is -2.03. The Kier molecular flexibility index (Phi) is 1.83. The van der Waals surface area contributed by atoms with Crippen molar-refractivity contribution in [3.8, 4) is 17.2 Å². The van der Waals surface area contributed by atoms with Crippen LogP contribution in [0.2, 0.25) is 0 Å². The molecule has 0 saturated heterocycles. The first-order chi connectivity index (χ1) is 5.52. The zero-order chi connectivity index (χ0) is 9.30. The molecule has 0 aliphatic rings. The van der Waals surface area contributed by atoms with Crippen LogP contribution in [0.1, 0.15) is 5.56 Å². The number of phenols is 3. The second-order valence-electron chi connectivity index (χ2n) is 2.31. The molecule has 0 aliphatic heterocycles. The summed E-state index contributed by atoms with van der Waals surface area (Å²) >= 11 is 0. The van der Waals surface area contributed by atoms with Crippen molar-refractivity contribution in [1.82, 2.24) is 0 Å². The summed E-state index contributed by atoms with van der Waals surface area (Å²) in [5.74, 6) is -1.90. The van der Waals surface area contributed by atoms with Gasteiger partial charge in [0, 0.05) is 5.56 Å². The Morgan fingerprint density at radius 2 is 1.50 bits per heavy atom. The Balaban J connectivity index is 3.31. The molecule has 0 bridgehead atoms. The van der Waals surface area contributed by atoms with E-state index in [4.69, 9.17) is 20.4 Å². The molecule has 0 unspecified atom stereocenters. The lowest BCUT2D eigenvalue weighted by atomic mass is 10.1. The molecule has 0 amide bonds. The Labute approximate surface area is 68.6 Å². The van der Waals surface area contributed by atoms with Gasteiger partial charge < -0.3 is 20.4 Å². The average Bonchev–Trinajstić information content (AvgIpc) is 1.99. The number of hydrogen-bond donors (Lipinski definition) is 4. The molecule has 0 fully saturated rings. The molecule has 0 aromatic heterocycles. The maximum Gasteiger partial charge on any atom is 0.200 e. The van der Waals surface area contributed by atoms with Gasteiger partial charge in [-0.1, -0.05) is 6.58 Å². The van der Waals surface area contributed by atoms with Crippen molar-refractivity contribution < 1.29 is 20.4 Å². The smallest absolute Gasteiger partial charge is 0.200 e. The largest absolute Gasteiger partial charge is 0.508 e. The standard InChI is InChI=1S/C8H8O4/c1-4(9)5-2-6(10)8(12)7(11)3-5/h2-3,9-12H,1H2. The van der Waals surface area contributed by atoms with Crippen molar-refractivity contribution >= 4 is 5.76 Å². The van der Waals surface area contributed by atoms with E-state index < -0.39 is 17.2 Å². The monoisotopic (exact) mass is 168 g/mol. The Hall–Kier alpha value is -1.84. The summed E-state index contributed by atoms with van der Waals surface area (Å²) in [5, 5.41) is 35.7. The molecule has 64 valence electrons. The lowest BCUT2D eigenvalue weighted by molar-refractivity contribution is 0.367. The number of benzene rings is 1. The van der Waals surface area contributed by atoms with Gasteiger partial charge in [-0.2, -0.15) is 0 Å². The third-order valence-corrected chi connectivity index (χ3v) is 1.40. The molecule has 0 saturated carbocycles. The second kappa shape index (κ2) is 2.65.